The molecule has 0 aromatic rings. The number of carbonyl (C=O) groups is 1. The minimum Gasteiger partial charge on any atom is -0.391 e. The lowest BCUT2D eigenvalue weighted by Crippen LogP contribution is -2.57. The zero-order valence-electron chi connectivity index (χ0n) is 17.2. The Morgan fingerprint density at radius 3 is 2.42 bits per heavy atom. The molecule has 4 rings (SSSR count). The van der Waals surface area contributed by atoms with Gasteiger partial charge in [0, 0.05) is 18.3 Å². The fourth-order valence-corrected chi connectivity index (χ4v) is 8.56. The number of hydrogen-bond acceptors (Lipinski definition) is 3. The second kappa shape index (κ2) is 5.77. The summed E-state index contributed by atoms with van der Waals surface area (Å²) < 4.78 is 6.42. The van der Waals surface area contributed by atoms with E-state index in [-0.39, 0.29) is 10.8 Å². The Hall–Kier alpha value is -0.453. The van der Waals surface area contributed by atoms with Gasteiger partial charge in [-0.15, -0.1) is 0 Å². The fraction of sp³-hybridized carbons (Fsp3) is 0.864. The lowest BCUT2D eigenvalue weighted by Gasteiger charge is -2.59. The van der Waals surface area contributed by atoms with E-state index in [2.05, 4.69) is 33.5 Å². The van der Waals surface area contributed by atoms with E-state index in [0.29, 0.717) is 30.0 Å². The summed E-state index contributed by atoms with van der Waals surface area (Å²) in [5, 5.41) is 11.6. The maximum atomic E-state index is 11.9. The zero-order valence-corrected chi connectivity index (χ0v) is 18.2. The van der Waals surface area contributed by atoms with Crippen molar-refractivity contribution in [1.29, 1.82) is 0 Å². The predicted octanol–water partition coefficient (Wildman–Crippen LogP) is 5.06. The van der Waals surface area contributed by atoms with E-state index in [9.17, 15) is 9.90 Å². The third-order valence-electron chi connectivity index (χ3n) is 8.51. The van der Waals surface area contributed by atoms with Crippen molar-refractivity contribution in [2.45, 2.75) is 90.6 Å². The van der Waals surface area contributed by atoms with Crippen LogP contribution in [0.25, 0.3) is 0 Å². The minimum atomic E-state index is -1.81. The summed E-state index contributed by atoms with van der Waals surface area (Å²) in [5.74, 6) is 1.28. The minimum absolute atomic E-state index is 0.115. The molecular weight excluding hydrogens is 340 g/mol. The van der Waals surface area contributed by atoms with Crippen molar-refractivity contribution in [1.82, 2.24) is 0 Å². The number of ketones is 1. The summed E-state index contributed by atoms with van der Waals surface area (Å²) in [6.45, 7) is 11.3. The van der Waals surface area contributed by atoms with Crippen LogP contribution < -0.4 is 0 Å². The van der Waals surface area contributed by atoms with Gasteiger partial charge in [-0.25, -0.2) is 0 Å². The van der Waals surface area contributed by atoms with Crippen LogP contribution in [0.4, 0.5) is 0 Å². The molecule has 3 saturated carbocycles. The van der Waals surface area contributed by atoms with Gasteiger partial charge in [-0.1, -0.05) is 19.4 Å². The SMILES string of the molecule is C[C@]12CCC(=O)C=C1CC[C@@H]1[C@@H]2CC[C@@]2(C)[C@H]1CC[C@]2(O)O[Si](C)(C)C. The topological polar surface area (TPSA) is 46.5 Å². The van der Waals surface area contributed by atoms with Crippen molar-refractivity contribution in [2.75, 3.05) is 0 Å². The van der Waals surface area contributed by atoms with Crippen molar-refractivity contribution < 1.29 is 14.3 Å². The quantitative estimate of drug-likeness (QED) is 0.541. The molecule has 3 fully saturated rings. The first-order valence-corrected chi connectivity index (χ1v) is 14.1. The number of carbonyl (C=O) groups excluding carboxylic acids is 1. The summed E-state index contributed by atoms with van der Waals surface area (Å²) in [5.41, 5.74) is 1.51. The molecule has 3 nitrogen and oxygen atoms in total. The van der Waals surface area contributed by atoms with Crippen LogP contribution in [0.2, 0.25) is 19.6 Å². The van der Waals surface area contributed by atoms with Crippen LogP contribution in [0.15, 0.2) is 11.6 Å². The molecular formula is C22H36O3Si. The molecule has 0 amide bonds. The molecule has 1 N–H and O–H groups in total. The number of fused-ring (bicyclic) bond motifs is 5. The second-order valence-corrected chi connectivity index (χ2v) is 15.4. The largest absolute Gasteiger partial charge is 0.391 e. The molecule has 0 unspecified atom stereocenters. The smallest absolute Gasteiger partial charge is 0.187 e. The molecule has 0 aromatic carbocycles. The molecule has 4 aliphatic rings. The van der Waals surface area contributed by atoms with Crippen molar-refractivity contribution in [2.24, 2.45) is 28.6 Å². The fourth-order valence-electron chi connectivity index (χ4n) is 7.21. The Kier molecular flexibility index (Phi) is 4.20. The van der Waals surface area contributed by atoms with E-state index in [1.165, 1.54) is 12.0 Å². The third kappa shape index (κ3) is 2.62. The van der Waals surface area contributed by atoms with Crippen LogP contribution >= 0.6 is 0 Å². The summed E-state index contributed by atoms with van der Waals surface area (Å²) in [6.07, 6.45) is 10.1. The number of hydrogen-bond donors (Lipinski definition) is 1. The molecule has 0 spiro atoms. The lowest BCUT2D eigenvalue weighted by atomic mass is 9.47. The van der Waals surface area contributed by atoms with Crippen LogP contribution in [0.3, 0.4) is 0 Å². The monoisotopic (exact) mass is 376 g/mol. The highest BCUT2D eigenvalue weighted by Crippen LogP contribution is 2.67. The molecule has 0 saturated heterocycles. The first-order valence-electron chi connectivity index (χ1n) is 10.6. The van der Waals surface area contributed by atoms with Crippen molar-refractivity contribution in [3.8, 4) is 0 Å². The van der Waals surface area contributed by atoms with Gasteiger partial charge in [0.1, 0.15) is 0 Å². The van der Waals surface area contributed by atoms with Crippen LogP contribution in [-0.4, -0.2) is 25.0 Å². The molecule has 6 atom stereocenters. The normalized spacial score (nSPS) is 48.5. The van der Waals surface area contributed by atoms with E-state index >= 15 is 0 Å². The second-order valence-electron chi connectivity index (χ2n) is 11.0. The maximum Gasteiger partial charge on any atom is 0.187 e. The van der Waals surface area contributed by atoms with Gasteiger partial charge in [-0.05, 0) is 87.4 Å². The standard InChI is InChI=1S/C22H36O3Si/c1-20-11-8-16(23)14-15(20)6-7-17-18(20)9-12-21(2)19(17)10-13-22(21,24)25-26(3,4)5/h14,17-19,24H,6-13H2,1-5H3/t17-,18+,19+,20+,21+,22+/m1/s1. The first kappa shape index (κ1) is 18.9. The van der Waals surface area contributed by atoms with Gasteiger partial charge in [0.2, 0.25) is 0 Å². The molecule has 0 bridgehead atoms. The zero-order chi connectivity index (χ0) is 19.0. The van der Waals surface area contributed by atoms with E-state index in [1.807, 2.05) is 6.08 Å². The highest BCUT2D eigenvalue weighted by Gasteiger charge is 2.65. The Morgan fingerprint density at radius 1 is 1.04 bits per heavy atom. The van der Waals surface area contributed by atoms with Gasteiger partial charge in [0.25, 0.3) is 0 Å². The number of rotatable bonds is 2. The molecule has 4 heteroatoms. The van der Waals surface area contributed by atoms with Crippen LogP contribution in [0.1, 0.15) is 65.2 Å². The molecule has 4 aliphatic carbocycles. The Labute approximate surface area is 159 Å². The van der Waals surface area contributed by atoms with Gasteiger partial charge < -0.3 is 9.53 Å². The average Bonchev–Trinajstić information content (AvgIpc) is 2.77. The van der Waals surface area contributed by atoms with Crippen molar-refractivity contribution in [3.63, 3.8) is 0 Å². The van der Waals surface area contributed by atoms with Crippen molar-refractivity contribution in [3.05, 3.63) is 11.6 Å². The summed E-state index contributed by atoms with van der Waals surface area (Å²) >= 11 is 0. The molecule has 26 heavy (non-hydrogen) atoms. The third-order valence-corrected chi connectivity index (χ3v) is 9.46. The predicted molar refractivity (Wildman–Crippen MR) is 106 cm³/mol. The van der Waals surface area contributed by atoms with Gasteiger partial charge in [-0.3, -0.25) is 4.79 Å². The molecule has 0 radical (unpaired) electrons. The number of allylic oxidation sites excluding steroid dienone is 1. The summed E-state index contributed by atoms with van der Waals surface area (Å²) in [6, 6.07) is 0. The van der Waals surface area contributed by atoms with E-state index < -0.39 is 14.1 Å². The lowest BCUT2D eigenvalue weighted by molar-refractivity contribution is -0.235. The Balaban J connectivity index is 1.64. The molecule has 0 aliphatic heterocycles. The maximum absolute atomic E-state index is 11.9. The van der Waals surface area contributed by atoms with Gasteiger partial charge in [0.05, 0.1) is 0 Å². The Morgan fingerprint density at radius 2 is 1.73 bits per heavy atom. The Bertz CT molecular complexity index is 650. The molecule has 146 valence electrons. The van der Waals surface area contributed by atoms with Crippen LogP contribution in [-0.2, 0) is 9.22 Å². The van der Waals surface area contributed by atoms with Gasteiger partial charge >= 0.3 is 0 Å². The molecule has 0 heterocycles. The summed E-state index contributed by atoms with van der Waals surface area (Å²) in [7, 11) is -1.81. The average molecular weight is 377 g/mol. The van der Waals surface area contributed by atoms with Gasteiger partial charge in [0.15, 0.2) is 19.9 Å². The van der Waals surface area contributed by atoms with E-state index in [4.69, 9.17) is 4.43 Å². The highest BCUT2D eigenvalue weighted by atomic mass is 28.4. The van der Waals surface area contributed by atoms with Gasteiger partial charge in [-0.2, -0.15) is 0 Å². The number of aliphatic hydroxyl groups is 1. The first-order chi connectivity index (χ1) is 12.0. The summed E-state index contributed by atoms with van der Waals surface area (Å²) in [4.78, 5) is 11.9. The van der Waals surface area contributed by atoms with Crippen LogP contribution in [0.5, 0.6) is 0 Å². The van der Waals surface area contributed by atoms with E-state index in [0.717, 1.165) is 38.5 Å². The van der Waals surface area contributed by atoms with Crippen molar-refractivity contribution >= 4 is 14.1 Å². The van der Waals surface area contributed by atoms with E-state index in [1.54, 1.807) is 0 Å². The molecule has 0 aromatic heterocycles. The van der Waals surface area contributed by atoms with Crippen LogP contribution in [0, 0.1) is 28.6 Å². The highest BCUT2D eigenvalue weighted by molar-refractivity contribution is 6.69.